The summed E-state index contributed by atoms with van der Waals surface area (Å²) < 4.78 is 5.57. The molecule has 1 N–H and O–H groups in total. The fourth-order valence-corrected chi connectivity index (χ4v) is 4.98. The lowest BCUT2D eigenvalue weighted by Crippen LogP contribution is -2.43. The largest absolute Gasteiger partial charge is 0.496 e. The number of likely N-dealkylation sites (tertiary alicyclic amines) is 1. The van der Waals surface area contributed by atoms with Crippen molar-refractivity contribution in [2.45, 2.75) is 44.8 Å². The van der Waals surface area contributed by atoms with E-state index in [0.29, 0.717) is 5.92 Å². The predicted octanol–water partition coefficient (Wildman–Crippen LogP) is 3.17. The molecule has 0 spiro atoms. The highest BCUT2D eigenvalue weighted by atomic mass is 16.5. The summed E-state index contributed by atoms with van der Waals surface area (Å²) >= 11 is 0. The third-order valence-electron chi connectivity index (χ3n) is 6.32. The van der Waals surface area contributed by atoms with E-state index in [4.69, 9.17) is 4.74 Å². The molecule has 27 heavy (non-hydrogen) atoms. The average molecular weight is 367 g/mol. The van der Waals surface area contributed by atoms with Gasteiger partial charge in [0.25, 0.3) is 0 Å². The average Bonchev–Trinajstić information content (AvgIpc) is 3.13. The Balaban J connectivity index is 1.54. The molecule has 1 aliphatic carbocycles. The number of para-hydroxylation sites is 1. The number of nitrogens with zero attached hydrogens (tertiary/aromatic N) is 3. The van der Waals surface area contributed by atoms with E-state index in [-0.39, 0.29) is 5.92 Å². The van der Waals surface area contributed by atoms with Crippen molar-refractivity contribution in [1.29, 1.82) is 0 Å². The molecule has 0 unspecified atom stereocenters. The number of hydrogen-bond donors (Lipinski definition) is 1. The summed E-state index contributed by atoms with van der Waals surface area (Å²) in [6.07, 6.45) is 7.79. The van der Waals surface area contributed by atoms with Crippen molar-refractivity contribution < 1.29 is 9.84 Å². The lowest BCUT2D eigenvalue weighted by molar-refractivity contribution is -0.0662. The Labute approximate surface area is 161 Å². The third-order valence-corrected chi connectivity index (χ3v) is 6.32. The highest BCUT2D eigenvalue weighted by Gasteiger charge is 2.50. The van der Waals surface area contributed by atoms with Crippen LogP contribution in [0.3, 0.4) is 0 Å². The molecule has 1 saturated heterocycles. The van der Waals surface area contributed by atoms with Crippen LogP contribution in [0.15, 0.2) is 36.7 Å². The zero-order valence-electron chi connectivity index (χ0n) is 16.3. The van der Waals surface area contributed by atoms with Gasteiger partial charge in [0.2, 0.25) is 0 Å². The number of rotatable bonds is 5. The van der Waals surface area contributed by atoms with E-state index in [1.54, 1.807) is 7.11 Å². The zero-order valence-corrected chi connectivity index (χ0v) is 16.3. The van der Waals surface area contributed by atoms with Crippen LogP contribution in [0.1, 0.15) is 43.1 Å². The first-order valence-electron chi connectivity index (χ1n) is 10.0. The van der Waals surface area contributed by atoms with Gasteiger partial charge in [-0.05, 0) is 31.2 Å². The van der Waals surface area contributed by atoms with Crippen LogP contribution >= 0.6 is 0 Å². The summed E-state index contributed by atoms with van der Waals surface area (Å²) in [4.78, 5) is 11.3. The number of benzene rings is 1. The maximum atomic E-state index is 11.7. The lowest BCUT2D eigenvalue weighted by Gasteiger charge is -2.42. The van der Waals surface area contributed by atoms with Gasteiger partial charge in [-0.2, -0.15) is 0 Å². The van der Waals surface area contributed by atoms with Crippen molar-refractivity contribution in [3.8, 4) is 5.75 Å². The Morgan fingerprint density at radius 1 is 1.22 bits per heavy atom. The predicted molar refractivity (Wildman–Crippen MR) is 104 cm³/mol. The number of aryl methyl sites for hydroxylation is 1. The van der Waals surface area contributed by atoms with Crippen molar-refractivity contribution >= 4 is 0 Å². The van der Waals surface area contributed by atoms with E-state index in [9.17, 15) is 5.11 Å². The van der Waals surface area contributed by atoms with Crippen LogP contribution in [-0.4, -0.2) is 40.2 Å². The molecule has 1 aromatic heterocycles. The molecule has 2 aliphatic rings. The summed E-state index contributed by atoms with van der Waals surface area (Å²) in [7, 11) is 1.68. The van der Waals surface area contributed by atoms with E-state index in [2.05, 4.69) is 21.8 Å². The molecule has 2 fully saturated rings. The second-order valence-corrected chi connectivity index (χ2v) is 7.94. The molecule has 4 rings (SSSR count). The van der Waals surface area contributed by atoms with Gasteiger partial charge in [0.05, 0.1) is 12.7 Å². The summed E-state index contributed by atoms with van der Waals surface area (Å²) in [6.45, 7) is 4.84. The van der Waals surface area contributed by atoms with Crippen LogP contribution in [0.4, 0.5) is 0 Å². The summed E-state index contributed by atoms with van der Waals surface area (Å²) in [5.74, 6) is 2.44. The molecule has 3 atom stereocenters. The van der Waals surface area contributed by atoms with E-state index < -0.39 is 5.60 Å². The fourth-order valence-electron chi connectivity index (χ4n) is 4.98. The SMILES string of the molecule is CCc1ncc(CN2C[C@H]3CCC[C@](O)(c4ccccc4OC)[C@@H]3C2)cn1. The first-order valence-corrected chi connectivity index (χ1v) is 10.0. The maximum Gasteiger partial charge on any atom is 0.127 e. The molecule has 1 aromatic carbocycles. The van der Waals surface area contributed by atoms with Crippen LogP contribution in [0, 0.1) is 11.8 Å². The van der Waals surface area contributed by atoms with Crippen molar-refractivity contribution in [2.75, 3.05) is 20.2 Å². The molecule has 0 radical (unpaired) electrons. The number of methoxy groups -OCH3 is 1. The van der Waals surface area contributed by atoms with E-state index in [0.717, 1.165) is 61.6 Å². The van der Waals surface area contributed by atoms with Gasteiger partial charge in [0.15, 0.2) is 0 Å². The van der Waals surface area contributed by atoms with Crippen molar-refractivity contribution in [1.82, 2.24) is 14.9 Å². The first-order chi connectivity index (χ1) is 13.1. The van der Waals surface area contributed by atoms with E-state index >= 15 is 0 Å². The van der Waals surface area contributed by atoms with E-state index in [1.807, 2.05) is 36.7 Å². The molecule has 0 bridgehead atoms. The molecule has 2 heterocycles. The number of aliphatic hydroxyl groups is 1. The second-order valence-electron chi connectivity index (χ2n) is 7.94. The lowest BCUT2D eigenvalue weighted by atomic mass is 9.67. The van der Waals surface area contributed by atoms with Gasteiger partial charge in [-0.1, -0.05) is 25.1 Å². The Morgan fingerprint density at radius 2 is 2.00 bits per heavy atom. The van der Waals surface area contributed by atoms with Gasteiger partial charge in [0.1, 0.15) is 11.6 Å². The van der Waals surface area contributed by atoms with Crippen LogP contribution in [-0.2, 0) is 18.6 Å². The molecule has 1 aliphatic heterocycles. The third kappa shape index (κ3) is 3.46. The molecule has 144 valence electrons. The number of ether oxygens (including phenoxy) is 1. The van der Waals surface area contributed by atoms with E-state index in [1.165, 1.54) is 6.42 Å². The Morgan fingerprint density at radius 3 is 2.74 bits per heavy atom. The smallest absolute Gasteiger partial charge is 0.127 e. The monoisotopic (exact) mass is 367 g/mol. The van der Waals surface area contributed by atoms with Gasteiger partial charge in [-0.25, -0.2) is 9.97 Å². The van der Waals surface area contributed by atoms with Gasteiger partial charge in [0, 0.05) is 55.5 Å². The van der Waals surface area contributed by atoms with Crippen molar-refractivity contribution in [3.63, 3.8) is 0 Å². The quantitative estimate of drug-likeness (QED) is 0.880. The van der Waals surface area contributed by atoms with Crippen LogP contribution in [0.2, 0.25) is 0 Å². The number of hydrogen-bond acceptors (Lipinski definition) is 5. The highest BCUT2D eigenvalue weighted by Crippen LogP contribution is 2.50. The standard InChI is InChI=1S/C22H29N3O2/c1-3-21-23-11-16(12-24-21)13-25-14-17-7-6-10-22(26,19(17)15-25)18-8-4-5-9-20(18)27-2/h4-5,8-9,11-12,17,19,26H,3,6-7,10,13-15H2,1-2H3/t17-,19-,22+/m1/s1. The number of aromatic nitrogens is 2. The van der Waals surface area contributed by atoms with Gasteiger partial charge >= 0.3 is 0 Å². The Bertz CT molecular complexity index is 779. The van der Waals surface area contributed by atoms with Gasteiger partial charge in [-0.3, -0.25) is 4.90 Å². The van der Waals surface area contributed by atoms with Crippen LogP contribution < -0.4 is 4.74 Å². The van der Waals surface area contributed by atoms with Crippen molar-refractivity contribution in [2.24, 2.45) is 11.8 Å². The van der Waals surface area contributed by atoms with Crippen LogP contribution in [0.5, 0.6) is 5.75 Å². The molecule has 0 amide bonds. The second kappa shape index (κ2) is 7.56. The minimum Gasteiger partial charge on any atom is -0.496 e. The Kier molecular flexibility index (Phi) is 5.15. The summed E-state index contributed by atoms with van der Waals surface area (Å²) in [5.41, 5.74) is 1.28. The maximum absolute atomic E-state index is 11.7. The highest BCUT2D eigenvalue weighted by molar-refractivity contribution is 5.39. The summed E-state index contributed by atoms with van der Waals surface area (Å²) in [6, 6.07) is 7.95. The minimum atomic E-state index is -0.813. The zero-order chi connectivity index (χ0) is 18.9. The molecule has 1 saturated carbocycles. The molecule has 5 nitrogen and oxygen atoms in total. The topological polar surface area (TPSA) is 58.5 Å². The molecule has 5 heteroatoms. The molecular formula is C22H29N3O2. The number of fused-ring (bicyclic) bond motifs is 1. The Hall–Kier alpha value is -1.98. The van der Waals surface area contributed by atoms with Gasteiger partial charge in [-0.15, -0.1) is 0 Å². The van der Waals surface area contributed by atoms with Crippen molar-refractivity contribution in [3.05, 3.63) is 53.6 Å². The molecular weight excluding hydrogens is 338 g/mol. The fraction of sp³-hybridized carbons (Fsp3) is 0.545. The summed E-state index contributed by atoms with van der Waals surface area (Å²) in [5, 5.41) is 11.7. The minimum absolute atomic E-state index is 0.235. The normalized spacial score (nSPS) is 28.1. The first kappa shape index (κ1) is 18.4. The van der Waals surface area contributed by atoms with Gasteiger partial charge < -0.3 is 9.84 Å². The molecule has 2 aromatic rings. The van der Waals surface area contributed by atoms with Crippen LogP contribution in [0.25, 0.3) is 0 Å².